The lowest BCUT2D eigenvalue weighted by molar-refractivity contribution is -0.118. The number of benzene rings is 2. The zero-order valence-corrected chi connectivity index (χ0v) is 21.2. The quantitative estimate of drug-likeness (QED) is 0.227. The van der Waals surface area contributed by atoms with E-state index in [0.717, 1.165) is 45.0 Å². The number of carbonyl (C=O) groups is 1. The standard InChI is InChI=1S/C22H26BrN3OS2.ClH/c1-25(2)13-7-14-26(22-24-19-12-11-17(23)16-20(19)29-22)21(27)10-6-15-28-18-8-4-3-5-9-18;/h3-5,8-9,11-12,16H,6-7,10,13-15H2,1-2H3;1H. The van der Waals surface area contributed by atoms with Gasteiger partial charge in [0.05, 0.1) is 10.2 Å². The summed E-state index contributed by atoms with van der Waals surface area (Å²) in [6, 6.07) is 16.4. The van der Waals surface area contributed by atoms with E-state index in [4.69, 9.17) is 4.98 Å². The maximum Gasteiger partial charge on any atom is 0.228 e. The Bertz CT molecular complexity index is 937. The Morgan fingerprint density at radius 2 is 1.87 bits per heavy atom. The van der Waals surface area contributed by atoms with Gasteiger partial charge in [0.1, 0.15) is 0 Å². The second-order valence-corrected chi connectivity index (χ2v) is 10.2. The minimum Gasteiger partial charge on any atom is -0.309 e. The van der Waals surface area contributed by atoms with Crippen molar-refractivity contribution in [2.45, 2.75) is 24.2 Å². The average Bonchev–Trinajstić information content (AvgIpc) is 3.11. The summed E-state index contributed by atoms with van der Waals surface area (Å²) in [4.78, 5) is 23.0. The third kappa shape index (κ3) is 7.54. The van der Waals surface area contributed by atoms with Crippen LogP contribution in [0.1, 0.15) is 19.3 Å². The number of thioether (sulfide) groups is 1. The Kier molecular flexibility index (Phi) is 10.6. The van der Waals surface area contributed by atoms with E-state index in [0.29, 0.717) is 13.0 Å². The first kappa shape index (κ1) is 25.1. The highest BCUT2D eigenvalue weighted by atomic mass is 79.9. The lowest BCUT2D eigenvalue weighted by atomic mass is 10.3. The highest BCUT2D eigenvalue weighted by Gasteiger charge is 2.19. The molecule has 4 nitrogen and oxygen atoms in total. The van der Waals surface area contributed by atoms with E-state index in [1.54, 1.807) is 23.1 Å². The average molecular weight is 529 g/mol. The Hall–Kier alpha value is -1.12. The molecule has 0 N–H and O–H groups in total. The van der Waals surface area contributed by atoms with E-state index in [1.165, 1.54) is 4.90 Å². The predicted molar refractivity (Wildman–Crippen MR) is 136 cm³/mol. The largest absolute Gasteiger partial charge is 0.309 e. The molecule has 1 amide bonds. The lowest BCUT2D eigenvalue weighted by Crippen LogP contribution is -2.33. The van der Waals surface area contributed by atoms with Gasteiger partial charge in [-0.25, -0.2) is 4.98 Å². The Labute approximate surface area is 201 Å². The van der Waals surface area contributed by atoms with Gasteiger partial charge in [-0.15, -0.1) is 24.2 Å². The molecule has 1 heterocycles. The van der Waals surface area contributed by atoms with Gasteiger partial charge in [0.15, 0.2) is 5.13 Å². The Morgan fingerprint density at radius 3 is 2.60 bits per heavy atom. The van der Waals surface area contributed by atoms with Crippen LogP contribution in [0.15, 0.2) is 57.9 Å². The molecule has 162 valence electrons. The second kappa shape index (κ2) is 12.7. The number of anilines is 1. The molecular weight excluding hydrogens is 502 g/mol. The van der Waals surface area contributed by atoms with E-state index >= 15 is 0 Å². The molecule has 30 heavy (non-hydrogen) atoms. The van der Waals surface area contributed by atoms with Crippen LogP contribution in [0.4, 0.5) is 5.13 Å². The fraction of sp³-hybridized carbons (Fsp3) is 0.364. The zero-order valence-electron chi connectivity index (χ0n) is 17.2. The Morgan fingerprint density at radius 1 is 1.10 bits per heavy atom. The summed E-state index contributed by atoms with van der Waals surface area (Å²) >= 11 is 6.91. The summed E-state index contributed by atoms with van der Waals surface area (Å²) in [7, 11) is 4.12. The molecule has 1 aromatic heterocycles. The van der Waals surface area contributed by atoms with Gasteiger partial charge in [-0.1, -0.05) is 45.5 Å². The number of aromatic nitrogens is 1. The van der Waals surface area contributed by atoms with Crippen LogP contribution in [-0.4, -0.2) is 48.7 Å². The van der Waals surface area contributed by atoms with Crippen LogP contribution in [0.25, 0.3) is 10.2 Å². The van der Waals surface area contributed by atoms with Crippen molar-refractivity contribution in [1.82, 2.24) is 9.88 Å². The van der Waals surface area contributed by atoms with Crippen LogP contribution in [0, 0.1) is 0 Å². The van der Waals surface area contributed by atoms with Crippen molar-refractivity contribution in [2.75, 3.05) is 37.8 Å². The van der Waals surface area contributed by atoms with Crippen LogP contribution in [-0.2, 0) is 4.79 Å². The topological polar surface area (TPSA) is 36.4 Å². The van der Waals surface area contributed by atoms with Crippen molar-refractivity contribution in [3.05, 3.63) is 53.0 Å². The fourth-order valence-corrected chi connectivity index (χ4v) is 5.37. The minimum atomic E-state index is 0. The molecule has 0 spiro atoms. The van der Waals surface area contributed by atoms with Gasteiger partial charge in [0.2, 0.25) is 5.91 Å². The number of thiazole rings is 1. The first-order valence-corrected chi connectivity index (χ1v) is 12.3. The van der Waals surface area contributed by atoms with Gasteiger partial charge in [0.25, 0.3) is 0 Å². The van der Waals surface area contributed by atoms with Crippen LogP contribution < -0.4 is 4.90 Å². The number of amides is 1. The van der Waals surface area contributed by atoms with Gasteiger partial charge in [-0.05, 0) is 69.6 Å². The van der Waals surface area contributed by atoms with Crippen LogP contribution in [0.3, 0.4) is 0 Å². The van der Waals surface area contributed by atoms with Gasteiger partial charge in [-0.2, -0.15) is 0 Å². The van der Waals surface area contributed by atoms with E-state index in [-0.39, 0.29) is 18.3 Å². The summed E-state index contributed by atoms with van der Waals surface area (Å²) in [6.07, 6.45) is 2.33. The molecule has 0 aliphatic heterocycles. The molecular formula is C22H27BrClN3OS2. The summed E-state index contributed by atoms with van der Waals surface area (Å²) in [6.45, 7) is 1.65. The first-order chi connectivity index (χ1) is 14.0. The molecule has 0 atom stereocenters. The molecule has 3 rings (SSSR count). The third-order valence-electron chi connectivity index (χ3n) is 4.41. The highest BCUT2D eigenvalue weighted by molar-refractivity contribution is 9.10. The smallest absolute Gasteiger partial charge is 0.228 e. The van der Waals surface area contributed by atoms with Crippen molar-refractivity contribution >= 4 is 72.7 Å². The molecule has 0 aliphatic rings. The molecule has 0 saturated heterocycles. The molecule has 8 heteroatoms. The number of fused-ring (bicyclic) bond motifs is 1. The third-order valence-corrected chi connectivity index (χ3v) is 7.04. The predicted octanol–water partition coefficient (Wildman–Crippen LogP) is 6.34. The highest BCUT2D eigenvalue weighted by Crippen LogP contribution is 2.31. The molecule has 2 aromatic carbocycles. The first-order valence-electron chi connectivity index (χ1n) is 9.72. The van der Waals surface area contributed by atoms with Crippen molar-refractivity contribution < 1.29 is 4.79 Å². The van der Waals surface area contributed by atoms with Crippen molar-refractivity contribution in [1.29, 1.82) is 0 Å². The molecule has 0 bridgehead atoms. The number of nitrogens with zero attached hydrogens (tertiary/aromatic N) is 3. The maximum atomic E-state index is 13.0. The zero-order chi connectivity index (χ0) is 20.6. The van der Waals surface area contributed by atoms with Gasteiger partial charge >= 0.3 is 0 Å². The number of hydrogen-bond donors (Lipinski definition) is 0. The minimum absolute atomic E-state index is 0. The summed E-state index contributed by atoms with van der Waals surface area (Å²) in [5.74, 6) is 1.10. The van der Waals surface area contributed by atoms with Gasteiger partial charge in [0, 0.05) is 22.3 Å². The van der Waals surface area contributed by atoms with Gasteiger partial charge in [-0.3, -0.25) is 9.69 Å². The molecule has 0 radical (unpaired) electrons. The van der Waals surface area contributed by atoms with E-state index < -0.39 is 0 Å². The molecule has 0 unspecified atom stereocenters. The van der Waals surface area contributed by atoms with Crippen LogP contribution in [0.5, 0.6) is 0 Å². The van der Waals surface area contributed by atoms with E-state index in [1.807, 2.05) is 35.2 Å². The Balaban J connectivity index is 0.00000320. The van der Waals surface area contributed by atoms with Crippen LogP contribution >= 0.6 is 51.4 Å². The monoisotopic (exact) mass is 527 g/mol. The van der Waals surface area contributed by atoms with Crippen molar-refractivity contribution in [3.8, 4) is 0 Å². The fourth-order valence-electron chi connectivity index (χ4n) is 2.94. The van der Waals surface area contributed by atoms with E-state index in [2.05, 4.69) is 53.1 Å². The van der Waals surface area contributed by atoms with Crippen molar-refractivity contribution in [3.63, 3.8) is 0 Å². The second-order valence-electron chi connectivity index (χ2n) is 7.08. The molecule has 0 saturated carbocycles. The number of rotatable bonds is 10. The lowest BCUT2D eigenvalue weighted by Gasteiger charge is -2.21. The summed E-state index contributed by atoms with van der Waals surface area (Å²) in [5.41, 5.74) is 0.943. The maximum absolute atomic E-state index is 13.0. The van der Waals surface area contributed by atoms with Gasteiger partial charge < -0.3 is 4.90 Å². The van der Waals surface area contributed by atoms with E-state index in [9.17, 15) is 4.79 Å². The van der Waals surface area contributed by atoms with Crippen LogP contribution in [0.2, 0.25) is 0 Å². The summed E-state index contributed by atoms with van der Waals surface area (Å²) in [5, 5.41) is 0.803. The van der Waals surface area contributed by atoms with Crippen molar-refractivity contribution in [2.24, 2.45) is 0 Å². The number of halogens is 2. The summed E-state index contributed by atoms with van der Waals surface area (Å²) < 4.78 is 2.13. The molecule has 3 aromatic rings. The normalized spacial score (nSPS) is 10.9. The molecule has 0 aliphatic carbocycles. The number of carbonyl (C=O) groups excluding carboxylic acids is 1. The number of hydrogen-bond acceptors (Lipinski definition) is 5. The SMILES string of the molecule is CN(C)CCCN(C(=O)CCCSc1ccccc1)c1nc2ccc(Br)cc2s1.Cl. The molecule has 0 fully saturated rings.